The predicted molar refractivity (Wildman–Crippen MR) is 133 cm³/mol. The minimum Gasteiger partial charge on any atom is -0.491 e. The highest BCUT2D eigenvalue weighted by Crippen LogP contribution is 2.21. The van der Waals surface area contributed by atoms with Gasteiger partial charge in [0.05, 0.1) is 0 Å². The summed E-state index contributed by atoms with van der Waals surface area (Å²) in [5.41, 5.74) is 2.15. The second kappa shape index (κ2) is 15.8. The van der Waals surface area contributed by atoms with Crippen LogP contribution in [-0.2, 0) is 6.42 Å². The Kier molecular flexibility index (Phi) is 13.0. The van der Waals surface area contributed by atoms with Gasteiger partial charge in [0.15, 0.2) is 5.82 Å². The van der Waals surface area contributed by atoms with Crippen LogP contribution in [0.3, 0.4) is 0 Å². The Balaban J connectivity index is 1.71. The minimum absolute atomic E-state index is 0.115. The molecule has 2 atom stereocenters. The van der Waals surface area contributed by atoms with E-state index in [2.05, 4.69) is 30.7 Å². The maximum atomic E-state index is 14.2. The second-order valence-electron chi connectivity index (χ2n) is 9.19. The van der Waals surface area contributed by atoms with E-state index in [1.807, 2.05) is 36.7 Å². The number of aromatic nitrogens is 2. The van der Waals surface area contributed by atoms with Crippen LogP contribution >= 0.6 is 0 Å². The molecule has 1 aromatic heterocycles. The quantitative estimate of drug-likeness (QED) is 0.231. The fraction of sp³-hybridized carbons (Fsp3) is 0.643. The van der Waals surface area contributed by atoms with Crippen molar-refractivity contribution in [2.75, 3.05) is 6.61 Å². The first-order valence-electron chi connectivity index (χ1n) is 12.8. The van der Waals surface area contributed by atoms with Crippen LogP contribution in [-0.4, -0.2) is 22.7 Å². The predicted octanol–water partition coefficient (Wildman–Crippen LogP) is 8.37. The maximum Gasteiger partial charge on any atom is 0.159 e. The number of aryl methyl sites for hydroxylation is 1. The molecular weight excluding hydrogens is 399 g/mol. The van der Waals surface area contributed by atoms with Gasteiger partial charge in [0, 0.05) is 18.0 Å². The van der Waals surface area contributed by atoms with E-state index in [1.54, 1.807) is 0 Å². The van der Waals surface area contributed by atoms with Crippen molar-refractivity contribution < 1.29 is 9.13 Å². The fourth-order valence-electron chi connectivity index (χ4n) is 3.87. The van der Waals surface area contributed by atoms with Crippen LogP contribution in [0.25, 0.3) is 11.4 Å². The van der Waals surface area contributed by atoms with Crippen molar-refractivity contribution in [1.29, 1.82) is 0 Å². The van der Waals surface area contributed by atoms with Gasteiger partial charge in [-0.05, 0) is 61.4 Å². The summed E-state index contributed by atoms with van der Waals surface area (Å²) in [7, 11) is 0. The second-order valence-corrected chi connectivity index (χ2v) is 9.19. The van der Waals surface area contributed by atoms with E-state index in [0.29, 0.717) is 23.9 Å². The van der Waals surface area contributed by atoms with Crippen molar-refractivity contribution >= 4 is 0 Å². The molecule has 178 valence electrons. The summed E-state index contributed by atoms with van der Waals surface area (Å²) >= 11 is 0. The topological polar surface area (TPSA) is 35.0 Å². The molecule has 0 aliphatic rings. The summed E-state index contributed by atoms with van der Waals surface area (Å²) in [6.07, 6.45) is 16.9. The Morgan fingerprint density at radius 3 is 2.16 bits per heavy atom. The molecule has 0 aliphatic carbocycles. The average Bonchev–Trinajstić information content (AvgIpc) is 2.83. The summed E-state index contributed by atoms with van der Waals surface area (Å²) in [5.74, 6) is 1.99. The Hall–Kier alpha value is -1.97. The molecule has 0 aliphatic heterocycles. The highest BCUT2D eigenvalue weighted by atomic mass is 19.1. The lowest BCUT2D eigenvalue weighted by Crippen LogP contribution is -2.14. The van der Waals surface area contributed by atoms with Gasteiger partial charge in [-0.15, -0.1) is 0 Å². The van der Waals surface area contributed by atoms with Gasteiger partial charge in [0.1, 0.15) is 18.5 Å². The third-order valence-electron chi connectivity index (χ3n) is 6.09. The van der Waals surface area contributed by atoms with Crippen LogP contribution in [0.2, 0.25) is 0 Å². The molecule has 0 amide bonds. The lowest BCUT2D eigenvalue weighted by Gasteiger charge is -2.14. The number of alkyl halides is 1. The SMILES string of the molecule is CCCCCCCCc1cnc(-c2ccc(OCC(F)CCC(C)CCCC)cc2)nc1. The van der Waals surface area contributed by atoms with Crippen LogP contribution in [0, 0.1) is 5.92 Å². The Morgan fingerprint density at radius 1 is 0.812 bits per heavy atom. The van der Waals surface area contributed by atoms with Crippen molar-refractivity contribution in [2.45, 2.75) is 104 Å². The molecule has 0 spiro atoms. The molecule has 1 aromatic carbocycles. The minimum atomic E-state index is -0.915. The lowest BCUT2D eigenvalue weighted by molar-refractivity contribution is 0.178. The third-order valence-corrected chi connectivity index (χ3v) is 6.09. The molecule has 2 rings (SSSR count). The number of ether oxygens (including phenoxy) is 1. The van der Waals surface area contributed by atoms with Crippen LogP contribution in [0.5, 0.6) is 5.75 Å². The monoisotopic (exact) mass is 442 g/mol. The summed E-state index contributed by atoms with van der Waals surface area (Å²) in [4.78, 5) is 9.06. The molecule has 32 heavy (non-hydrogen) atoms. The number of halogens is 1. The first-order valence-corrected chi connectivity index (χ1v) is 12.8. The van der Waals surface area contributed by atoms with Gasteiger partial charge in [-0.1, -0.05) is 72.1 Å². The molecule has 0 radical (unpaired) electrons. The van der Waals surface area contributed by atoms with E-state index in [0.717, 1.165) is 18.4 Å². The van der Waals surface area contributed by atoms with Crippen LogP contribution in [0.15, 0.2) is 36.7 Å². The van der Waals surface area contributed by atoms with Crippen molar-refractivity contribution in [2.24, 2.45) is 5.92 Å². The van der Waals surface area contributed by atoms with Gasteiger partial charge >= 0.3 is 0 Å². The molecule has 3 nitrogen and oxygen atoms in total. The largest absolute Gasteiger partial charge is 0.491 e. The summed E-state index contributed by atoms with van der Waals surface area (Å²) in [6.45, 7) is 6.77. The number of nitrogens with zero attached hydrogens (tertiary/aromatic N) is 2. The first-order chi connectivity index (χ1) is 15.6. The standard InChI is InChI=1S/C28H43FN2O/c1-4-6-8-9-10-11-13-24-20-30-28(31-21-24)25-15-18-27(19-16-25)32-22-26(29)17-14-23(3)12-7-5-2/h15-16,18-21,23,26H,4-14,17,22H2,1-3H3. The van der Waals surface area contributed by atoms with Crippen molar-refractivity contribution in [3.05, 3.63) is 42.2 Å². The van der Waals surface area contributed by atoms with Gasteiger partial charge in [0.2, 0.25) is 0 Å². The average molecular weight is 443 g/mol. The lowest BCUT2D eigenvalue weighted by atomic mass is 9.98. The molecule has 4 heteroatoms. The van der Waals surface area contributed by atoms with Gasteiger partial charge in [-0.25, -0.2) is 14.4 Å². The van der Waals surface area contributed by atoms with E-state index < -0.39 is 6.17 Å². The van der Waals surface area contributed by atoms with Crippen LogP contribution in [0.4, 0.5) is 4.39 Å². The van der Waals surface area contributed by atoms with Gasteiger partial charge in [-0.2, -0.15) is 0 Å². The van der Waals surface area contributed by atoms with Crippen molar-refractivity contribution in [3.8, 4) is 17.1 Å². The summed E-state index contributed by atoms with van der Waals surface area (Å²) < 4.78 is 19.8. The van der Waals surface area contributed by atoms with Crippen molar-refractivity contribution in [1.82, 2.24) is 9.97 Å². The van der Waals surface area contributed by atoms with E-state index in [4.69, 9.17) is 4.74 Å². The van der Waals surface area contributed by atoms with Crippen LogP contribution in [0.1, 0.15) is 97.0 Å². The molecule has 0 saturated carbocycles. The van der Waals surface area contributed by atoms with Crippen molar-refractivity contribution in [3.63, 3.8) is 0 Å². The van der Waals surface area contributed by atoms with E-state index in [1.165, 1.54) is 63.4 Å². The third kappa shape index (κ3) is 10.6. The highest BCUT2D eigenvalue weighted by molar-refractivity contribution is 5.55. The van der Waals surface area contributed by atoms with E-state index >= 15 is 0 Å². The molecule has 0 saturated heterocycles. The van der Waals surface area contributed by atoms with Gasteiger partial charge < -0.3 is 4.74 Å². The normalized spacial score (nSPS) is 13.1. The zero-order chi connectivity index (χ0) is 23.0. The maximum absolute atomic E-state index is 14.2. The fourth-order valence-corrected chi connectivity index (χ4v) is 3.87. The Labute approximate surface area is 195 Å². The number of hydrogen-bond donors (Lipinski definition) is 0. The van der Waals surface area contributed by atoms with Crippen LogP contribution < -0.4 is 4.74 Å². The molecule has 2 aromatic rings. The molecule has 0 N–H and O–H groups in total. The molecule has 2 unspecified atom stereocenters. The molecule has 0 bridgehead atoms. The number of hydrogen-bond acceptors (Lipinski definition) is 3. The number of benzene rings is 1. The molecule has 1 heterocycles. The van der Waals surface area contributed by atoms with E-state index in [-0.39, 0.29) is 6.61 Å². The van der Waals surface area contributed by atoms with E-state index in [9.17, 15) is 4.39 Å². The highest BCUT2D eigenvalue weighted by Gasteiger charge is 2.11. The van der Waals surface area contributed by atoms with Gasteiger partial charge in [-0.3, -0.25) is 0 Å². The zero-order valence-electron chi connectivity index (χ0n) is 20.5. The Bertz CT molecular complexity index is 717. The van der Waals surface area contributed by atoms with Gasteiger partial charge in [0.25, 0.3) is 0 Å². The molecular formula is C28H43FN2O. The first kappa shape index (κ1) is 26.3. The summed E-state index contributed by atoms with van der Waals surface area (Å²) in [5, 5.41) is 0. The number of unbranched alkanes of at least 4 members (excludes halogenated alkanes) is 6. The Morgan fingerprint density at radius 2 is 1.47 bits per heavy atom. The summed E-state index contributed by atoms with van der Waals surface area (Å²) in [6, 6.07) is 7.63. The number of rotatable bonds is 17. The molecule has 0 fully saturated rings. The smallest absolute Gasteiger partial charge is 0.159 e. The zero-order valence-corrected chi connectivity index (χ0v) is 20.5.